The van der Waals surface area contributed by atoms with Crippen LogP contribution in [0.15, 0.2) is 41.4 Å². The van der Waals surface area contributed by atoms with E-state index in [1.807, 2.05) is 0 Å². The molecule has 33 heavy (non-hydrogen) atoms. The minimum absolute atomic E-state index is 0.0330. The van der Waals surface area contributed by atoms with Gasteiger partial charge in [0.2, 0.25) is 10.0 Å². The summed E-state index contributed by atoms with van der Waals surface area (Å²) >= 11 is 6.12. The lowest BCUT2D eigenvalue weighted by Crippen LogP contribution is -2.40. The largest absolute Gasteiger partial charge is 0.452 e. The number of sulfonamides is 1. The number of ether oxygens (including phenoxy) is 2. The number of carbonyl (C=O) groups is 2. The summed E-state index contributed by atoms with van der Waals surface area (Å²) in [7, 11) is -3.86. The molecule has 1 N–H and O–H groups in total. The fourth-order valence-corrected chi connectivity index (χ4v) is 5.15. The number of hydrogen-bond donors (Lipinski definition) is 1. The van der Waals surface area contributed by atoms with Gasteiger partial charge >= 0.3 is 5.97 Å². The molecule has 2 aromatic heterocycles. The molecule has 174 valence electrons. The van der Waals surface area contributed by atoms with Crippen LogP contribution in [0, 0.1) is 6.92 Å². The summed E-state index contributed by atoms with van der Waals surface area (Å²) < 4.78 is 39.0. The van der Waals surface area contributed by atoms with Crippen LogP contribution in [0.3, 0.4) is 0 Å². The highest BCUT2D eigenvalue weighted by atomic mass is 35.5. The second kappa shape index (κ2) is 9.43. The van der Waals surface area contributed by atoms with Crippen LogP contribution in [0.2, 0.25) is 5.02 Å². The first kappa shape index (κ1) is 23.1. The molecule has 1 aromatic carbocycles. The van der Waals surface area contributed by atoms with E-state index in [4.69, 9.17) is 21.1 Å². The molecule has 0 bridgehead atoms. The Morgan fingerprint density at radius 3 is 2.70 bits per heavy atom. The number of carbonyl (C=O) groups excluding carboxylic acids is 2. The number of fused-ring (bicyclic) bond motifs is 1. The maximum Gasteiger partial charge on any atom is 0.340 e. The van der Waals surface area contributed by atoms with Crippen LogP contribution in [0.4, 0.5) is 5.69 Å². The van der Waals surface area contributed by atoms with Crippen LogP contribution in [0.25, 0.3) is 5.65 Å². The maximum absolute atomic E-state index is 12.9. The normalized spacial score (nSPS) is 14.8. The van der Waals surface area contributed by atoms with E-state index in [-0.39, 0.29) is 34.3 Å². The quantitative estimate of drug-likeness (QED) is 0.511. The molecule has 0 radical (unpaired) electrons. The molecule has 1 aliphatic heterocycles. The average molecular weight is 494 g/mol. The smallest absolute Gasteiger partial charge is 0.340 e. The molecule has 0 atom stereocenters. The highest BCUT2D eigenvalue weighted by Gasteiger charge is 2.28. The summed E-state index contributed by atoms with van der Waals surface area (Å²) in [5.41, 5.74) is 1.00. The van der Waals surface area contributed by atoms with E-state index in [1.165, 1.54) is 34.8 Å². The Balaban J connectivity index is 1.41. The second-order valence-corrected chi connectivity index (χ2v) is 9.49. The van der Waals surface area contributed by atoms with Crippen molar-refractivity contribution in [1.82, 2.24) is 18.9 Å². The highest BCUT2D eigenvalue weighted by Crippen LogP contribution is 2.28. The summed E-state index contributed by atoms with van der Waals surface area (Å²) in [6.45, 7) is 2.19. The third-order valence-electron chi connectivity index (χ3n) is 4.95. The van der Waals surface area contributed by atoms with Gasteiger partial charge in [-0.1, -0.05) is 11.6 Å². The Kier molecular flexibility index (Phi) is 6.61. The number of benzene rings is 1. The van der Waals surface area contributed by atoms with Gasteiger partial charge in [-0.3, -0.25) is 9.20 Å². The second-order valence-electron chi connectivity index (χ2n) is 7.18. The maximum atomic E-state index is 12.9. The molecule has 1 saturated heterocycles. The number of amides is 1. The highest BCUT2D eigenvalue weighted by molar-refractivity contribution is 7.89. The van der Waals surface area contributed by atoms with Gasteiger partial charge in [-0.2, -0.15) is 4.31 Å². The fraction of sp³-hybridized carbons (Fsp3) is 0.300. The van der Waals surface area contributed by atoms with Crippen molar-refractivity contribution in [1.29, 1.82) is 0 Å². The zero-order valence-corrected chi connectivity index (χ0v) is 19.1. The molecule has 1 aliphatic rings. The van der Waals surface area contributed by atoms with Crippen LogP contribution < -0.4 is 5.32 Å². The summed E-state index contributed by atoms with van der Waals surface area (Å²) in [6, 6.07) is 7.25. The lowest BCUT2D eigenvalue weighted by Gasteiger charge is -2.26. The number of aryl methyl sites for hydroxylation is 1. The Labute approximate surface area is 194 Å². The SMILES string of the molecule is Cc1nnc2ccc(C(=O)OCC(=O)Nc3ccc(Cl)c(S(=O)(=O)N4CCOCC4)c3)cn12. The number of morpholine rings is 1. The van der Waals surface area contributed by atoms with Gasteiger partial charge < -0.3 is 14.8 Å². The Morgan fingerprint density at radius 1 is 1.18 bits per heavy atom. The first-order chi connectivity index (χ1) is 15.8. The number of nitrogens with zero attached hydrogens (tertiary/aromatic N) is 4. The Bertz CT molecular complexity index is 1320. The van der Waals surface area contributed by atoms with Crippen molar-refractivity contribution >= 4 is 44.8 Å². The van der Waals surface area contributed by atoms with E-state index in [0.717, 1.165) is 0 Å². The third-order valence-corrected chi connectivity index (χ3v) is 7.33. The number of anilines is 1. The molecule has 0 aliphatic carbocycles. The van der Waals surface area contributed by atoms with Crippen molar-refractivity contribution in [2.75, 3.05) is 38.2 Å². The van der Waals surface area contributed by atoms with E-state index in [0.29, 0.717) is 24.7 Å². The average Bonchev–Trinajstić information content (AvgIpc) is 3.19. The van der Waals surface area contributed by atoms with E-state index in [2.05, 4.69) is 15.5 Å². The lowest BCUT2D eigenvalue weighted by molar-refractivity contribution is -0.119. The third kappa shape index (κ3) is 4.98. The van der Waals surface area contributed by atoms with Gasteiger partial charge in [-0.15, -0.1) is 10.2 Å². The predicted molar refractivity (Wildman–Crippen MR) is 118 cm³/mol. The fourth-order valence-electron chi connectivity index (χ4n) is 3.24. The van der Waals surface area contributed by atoms with Crippen molar-refractivity contribution in [2.24, 2.45) is 0 Å². The molecule has 1 amide bonds. The van der Waals surface area contributed by atoms with Crippen molar-refractivity contribution in [3.05, 3.63) is 52.9 Å². The molecule has 1 fully saturated rings. The Hall–Kier alpha value is -3.06. The minimum atomic E-state index is -3.86. The van der Waals surface area contributed by atoms with Gasteiger partial charge in [-0.05, 0) is 37.3 Å². The number of aromatic nitrogens is 3. The number of rotatable bonds is 6. The molecule has 3 aromatic rings. The molecule has 0 spiro atoms. The van der Waals surface area contributed by atoms with Crippen LogP contribution in [-0.2, 0) is 24.3 Å². The molecule has 4 rings (SSSR count). The van der Waals surface area contributed by atoms with Crippen LogP contribution in [0.5, 0.6) is 0 Å². The van der Waals surface area contributed by atoms with Gasteiger partial charge in [0.25, 0.3) is 5.91 Å². The molecule has 0 unspecified atom stereocenters. The van der Waals surface area contributed by atoms with Crippen molar-refractivity contribution < 1.29 is 27.5 Å². The lowest BCUT2D eigenvalue weighted by atomic mass is 10.3. The van der Waals surface area contributed by atoms with Crippen LogP contribution in [-0.4, -0.2) is 72.1 Å². The van der Waals surface area contributed by atoms with Gasteiger partial charge in [0, 0.05) is 25.0 Å². The number of pyridine rings is 1. The number of hydrogen-bond acceptors (Lipinski definition) is 8. The van der Waals surface area contributed by atoms with Gasteiger partial charge in [0.1, 0.15) is 10.7 Å². The van der Waals surface area contributed by atoms with Gasteiger partial charge in [0.15, 0.2) is 12.3 Å². The zero-order valence-electron chi connectivity index (χ0n) is 17.5. The van der Waals surface area contributed by atoms with Crippen molar-refractivity contribution in [3.8, 4) is 0 Å². The Morgan fingerprint density at radius 2 is 1.94 bits per heavy atom. The molecular weight excluding hydrogens is 474 g/mol. The molecule has 13 heteroatoms. The number of halogens is 1. The van der Waals surface area contributed by atoms with Crippen molar-refractivity contribution in [2.45, 2.75) is 11.8 Å². The number of esters is 1. The summed E-state index contributed by atoms with van der Waals surface area (Å²) in [5, 5.41) is 10.4. The summed E-state index contributed by atoms with van der Waals surface area (Å²) in [5.74, 6) is -0.739. The van der Waals surface area contributed by atoms with Gasteiger partial charge in [-0.25, -0.2) is 13.2 Å². The summed E-state index contributed by atoms with van der Waals surface area (Å²) in [4.78, 5) is 24.5. The van der Waals surface area contributed by atoms with E-state index >= 15 is 0 Å². The predicted octanol–water partition coefficient (Wildman–Crippen LogP) is 1.51. The van der Waals surface area contributed by atoms with Crippen LogP contribution in [0.1, 0.15) is 16.2 Å². The molecule has 0 saturated carbocycles. The zero-order chi connectivity index (χ0) is 23.6. The summed E-state index contributed by atoms with van der Waals surface area (Å²) in [6.07, 6.45) is 1.52. The first-order valence-corrected chi connectivity index (χ1v) is 11.7. The van der Waals surface area contributed by atoms with Crippen molar-refractivity contribution in [3.63, 3.8) is 0 Å². The number of nitrogens with one attached hydrogen (secondary N) is 1. The monoisotopic (exact) mass is 493 g/mol. The molecule has 3 heterocycles. The first-order valence-electron chi connectivity index (χ1n) is 9.91. The van der Waals surface area contributed by atoms with Gasteiger partial charge in [0.05, 0.1) is 23.8 Å². The standard InChI is InChI=1S/C20H20ClN5O6S/c1-13-23-24-18-5-2-14(11-26(13)18)20(28)32-12-19(27)22-15-3-4-16(21)17(10-15)33(29,30)25-6-8-31-9-7-25/h2-5,10-11H,6-9,12H2,1H3,(H,22,27). The van der Waals surface area contributed by atoms with E-state index in [9.17, 15) is 18.0 Å². The minimum Gasteiger partial charge on any atom is -0.452 e. The van der Waals surface area contributed by atoms with E-state index < -0.39 is 28.5 Å². The molecular formula is C20H20ClN5O6S. The van der Waals surface area contributed by atoms with E-state index in [1.54, 1.807) is 17.4 Å². The van der Waals surface area contributed by atoms with Crippen LogP contribution >= 0.6 is 11.6 Å². The topological polar surface area (TPSA) is 132 Å². The molecule has 11 nitrogen and oxygen atoms in total.